The van der Waals surface area contributed by atoms with Crippen LogP contribution in [0.2, 0.25) is 0 Å². The normalized spacial score (nSPS) is 11.5. The zero-order chi connectivity index (χ0) is 15.6. The molecule has 0 bridgehead atoms. The standard InChI is InChI=1S/C17H20N2O2/c1-10-5-6-11(2)16(13(10)4)21-14-7-8-15(12(3)9-14)17(18)19-20/h5-9,20H,1-4H3,(H2,18,19). The maximum absolute atomic E-state index is 8.75. The molecule has 0 aliphatic carbocycles. The predicted molar refractivity (Wildman–Crippen MR) is 84.4 cm³/mol. The first-order valence-electron chi connectivity index (χ1n) is 6.77. The van der Waals surface area contributed by atoms with Crippen molar-refractivity contribution in [3.05, 3.63) is 58.1 Å². The van der Waals surface area contributed by atoms with E-state index in [1.165, 1.54) is 5.56 Å². The van der Waals surface area contributed by atoms with Gasteiger partial charge in [0, 0.05) is 5.56 Å². The highest BCUT2D eigenvalue weighted by molar-refractivity contribution is 5.98. The van der Waals surface area contributed by atoms with Crippen molar-refractivity contribution in [1.29, 1.82) is 0 Å². The summed E-state index contributed by atoms with van der Waals surface area (Å²) in [6.45, 7) is 8.04. The van der Waals surface area contributed by atoms with Gasteiger partial charge in [0.05, 0.1) is 0 Å². The van der Waals surface area contributed by atoms with E-state index in [4.69, 9.17) is 15.7 Å². The smallest absolute Gasteiger partial charge is 0.170 e. The molecule has 0 aliphatic rings. The second-order valence-corrected chi connectivity index (χ2v) is 5.22. The van der Waals surface area contributed by atoms with Gasteiger partial charge in [0.1, 0.15) is 11.5 Å². The number of oxime groups is 1. The highest BCUT2D eigenvalue weighted by atomic mass is 16.5. The number of nitrogens with zero attached hydrogens (tertiary/aromatic N) is 1. The summed E-state index contributed by atoms with van der Waals surface area (Å²) in [7, 11) is 0. The molecule has 0 heterocycles. The Hall–Kier alpha value is -2.49. The Morgan fingerprint density at radius 1 is 1.00 bits per heavy atom. The molecule has 0 aromatic heterocycles. The highest BCUT2D eigenvalue weighted by Gasteiger charge is 2.10. The zero-order valence-corrected chi connectivity index (χ0v) is 12.8. The molecule has 0 atom stereocenters. The maximum Gasteiger partial charge on any atom is 0.170 e. The molecule has 0 spiro atoms. The van der Waals surface area contributed by atoms with E-state index in [9.17, 15) is 0 Å². The Labute approximate surface area is 124 Å². The van der Waals surface area contributed by atoms with Crippen molar-refractivity contribution in [2.24, 2.45) is 10.9 Å². The molecule has 2 rings (SSSR count). The van der Waals surface area contributed by atoms with Gasteiger partial charge in [-0.15, -0.1) is 0 Å². The minimum absolute atomic E-state index is 0.0990. The van der Waals surface area contributed by atoms with Gasteiger partial charge in [0.15, 0.2) is 5.84 Å². The topological polar surface area (TPSA) is 67.8 Å². The summed E-state index contributed by atoms with van der Waals surface area (Å²) < 4.78 is 6.03. The van der Waals surface area contributed by atoms with E-state index in [0.717, 1.165) is 28.2 Å². The molecule has 21 heavy (non-hydrogen) atoms. The molecule has 4 nitrogen and oxygen atoms in total. The van der Waals surface area contributed by atoms with Crippen molar-refractivity contribution >= 4 is 5.84 Å². The van der Waals surface area contributed by atoms with E-state index in [1.807, 2.05) is 26.0 Å². The van der Waals surface area contributed by atoms with Crippen LogP contribution in [-0.2, 0) is 0 Å². The van der Waals surface area contributed by atoms with Gasteiger partial charge in [0.25, 0.3) is 0 Å². The van der Waals surface area contributed by atoms with Crippen LogP contribution in [-0.4, -0.2) is 11.0 Å². The Balaban J connectivity index is 2.38. The van der Waals surface area contributed by atoms with Gasteiger partial charge in [0.2, 0.25) is 0 Å². The van der Waals surface area contributed by atoms with Crippen molar-refractivity contribution in [3.63, 3.8) is 0 Å². The van der Waals surface area contributed by atoms with Crippen LogP contribution < -0.4 is 10.5 Å². The number of hydrogen-bond donors (Lipinski definition) is 2. The van der Waals surface area contributed by atoms with Crippen molar-refractivity contribution in [2.75, 3.05) is 0 Å². The molecular formula is C17H20N2O2. The number of rotatable bonds is 3. The van der Waals surface area contributed by atoms with E-state index in [-0.39, 0.29) is 5.84 Å². The lowest BCUT2D eigenvalue weighted by atomic mass is 10.0. The quantitative estimate of drug-likeness (QED) is 0.390. The molecule has 4 heteroatoms. The summed E-state index contributed by atoms with van der Waals surface area (Å²) in [5.74, 6) is 1.71. The molecule has 0 radical (unpaired) electrons. The number of amidine groups is 1. The fourth-order valence-corrected chi connectivity index (χ4v) is 2.24. The molecular weight excluding hydrogens is 264 g/mol. The Kier molecular flexibility index (Phi) is 4.17. The third kappa shape index (κ3) is 2.99. The largest absolute Gasteiger partial charge is 0.457 e. The van der Waals surface area contributed by atoms with Crippen LogP contribution in [0.4, 0.5) is 0 Å². The average Bonchev–Trinajstić information content (AvgIpc) is 2.47. The summed E-state index contributed by atoms with van der Waals surface area (Å²) >= 11 is 0. The minimum Gasteiger partial charge on any atom is -0.457 e. The number of nitrogens with two attached hydrogens (primary N) is 1. The molecule has 0 amide bonds. The molecule has 2 aromatic rings. The van der Waals surface area contributed by atoms with Crippen molar-refractivity contribution < 1.29 is 9.94 Å². The molecule has 0 saturated heterocycles. The number of aryl methyl sites for hydroxylation is 3. The maximum atomic E-state index is 8.75. The van der Waals surface area contributed by atoms with Crippen molar-refractivity contribution in [1.82, 2.24) is 0 Å². The number of hydrogen-bond acceptors (Lipinski definition) is 3. The van der Waals surface area contributed by atoms with Gasteiger partial charge < -0.3 is 15.7 Å². The van der Waals surface area contributed by atoms with Crippen LogP contribution in [0.5, 0.6) is 11.5 Å². The third-order valence-electron chi connectivity index (χ3n) is 3.68. The SMILES string of the molecule is Cc1cc(Oc2c(C)ccc(C)c2C)ccc1/C(N)=N/O. The lowest BCUT2D eigenvalue weighted by Crippen LogP contribution is -2.14. The number of ether oxygens (including phenoxy) is 1. The number of benzene rings is 2. The molecule has 0 fully saturated rings. The summed E-state index contributed by atoms with van der Waals surface area (Å²) in [5.41, 5.74) is 10.6. The van der Waals surface area contributed by atoms with Crippen LogP contribution >= 0.6 is 0 Å². The Bertz CT molecular complexity index is 706. The third-order valence-corrected chi connectivity index (χ3v) is 3.68. The van der Waals surface area contributed by atoms with E-state index in [0.29, 0.717) is 5.56 Å². The first kappa shape index (κ1) is 14.9. The van der Waals surface area contributed by atoms with Crippen LogP contribution in [0.15, 0.2) is 35.5 Å². The first-order chi connectivity index (χ1) is 9.93. The lowest BCUT2D eigenvalue weighted by molar-refractivity contribution is 0.318. The van der Waals surface area contributed by atoms with E-state index in [1.54, 1.807) is 6.07 Å². The average molecular weight is 284 g/mol. The fourth-order valence-electron chi connectivity index (χ4n) is 2.24. The summed E-state index contributed by atoms with van der Waals surface area (Å²) in [5, 5.41) is 11.8. The summed E-state index contributed by atoms with van der Waals surface area (Å²) in [4.78, 5) is 0. The second kappa shape index (κ2) is 5.87. The van der Waals surface area contributed by atoms with Crippen molar-refractivity contribution in [2.45, 2.75) is 27.7 Å². The monoisotopic (exact) mass is 284 g/mol. The summed E-state index contributed by atoms with van der Waals surface area (Å²) in [6.07, 6.45) is 0. The van der Waals surface area contributed by atoms with Crippen LogP contribution in [0.1, 0.15) is 27.8 Å². The van der Waals surface area contributed by atoms with Gasteiger partial charge in [-0.2, -0.15) is 0 Å². The molecule has 3 N–H and O–H groups in total. The van der Waals surface area contributed by atoms with Gasteiger partial charge in [-0.1, -0.05) is 17.3 Å². The zero-order valence-electron chi connectivity index (χ0n) is 12.8. The first-order valence-corrected chi connectivity index (χ1v) is 6.77. The van der Waals surface area contributed by atoms with Gasteiger partial charge >= 0.3 is 0 Å². The van der Waals surface area contributed by atoms with E-state index >= 15 is 0 Å². The Morgan fingerprint density at radius 3 is 2.29 bits per heavy atom. The molecule has 0 saturated carbocycles. The van der Waals surface area contributed by atoms with Crippen molar-refractivity contribution in [3.8, 4) is 11.5 Å². The van der Waals surface area contributed by atoms with Crippen LogP contribution in [0.3, 0.4) is 0 Å². The molecule has 110 valence electrons. The van der Waals surface area contributed by atoms with Crippen LogP contribution in [0.25, 0.3) is 0 Å². The van der Waals surface area contributed by atoms with Gasteiger partial charge in [-0.3, -0.25) is 0 Å². The molecule has 0 unspecified atom stereocenters. The van der Waals surface area contributed by atoms with E-state index < -0.39 is 0 Å². The summed E-state index contributed by atoms with van der Waals surface area (Å²) in [6, 6.07) is 9.63. The van der Waals surface area contributed by atoms with Gasteiger partial charge in [-0.05, 0) is 68.1 Å². The lowest BCUT2D eigenvalue weighted by Gasteiger charge is -2.14. The molecule has 2 aromatic carbocycles. The highest BCUT2D eigenvalue weighted by Crippen LogP contribution is 2.31. The minimum atomic E-state index is 0.0990. The fraction of sp³-hybridized carbons (Fsp3) is 0.235. The molecule has 0 aliphatic heterocycles. The Morgan fingerprint density at radius 2 is 1.67 bits per heavy atom. The van der Waals surface area contributed by atoms with E-state index in [2.05, 4.69) is 31.1 Å². The second-order valence-electron chi connectivity index (χ2n) is 5.22. The van der Waals surface area contributed by atoms with Gasteiger partial charge in [-0.25, -0.2) is 0 Å². The predicted octanol–water partition coefficient (Wildman–Crippen LogP) is 3.81. The van der Waals surface area contributed by atoms with Crippen LogP contribution in [0, 0.1) is 27.7 Å².